The Balaban J connectivity index is 2.34. The first-order chi connectivity index (χ1) is 23.8. The van der Waals surface area contributed by atoms with Gasteiger partial charge in [0.2, 0.25) is 0 Å². The summed E-state index contributed by atoms with van der Waals surface area (Å²) < 4.78 is 21.3. The molecule has 0 spiro atoms. The minimum atomic E-state index is -3.14. The van der Waals surface area contributed by atoms with E-state index in [0.29, 0.717) is 25.4 Å². The number of hydrogen-bond acceptors (Lipinski definition) is 6. The van der Waals surface area contributed by atoms with Gasteiger partial charge in [0.1, 0.15) is 6.10 Å². The number of carboxylic acids is 1. The van der Waals surface area contributed by atoms with Crippen molar-refractivity contribution in [1.82, 2.24) is 0 Å². The van der Waals surface area contributed by atoms with E-state index in [1.807, 2.05) is 75.6 Å². The van der Waals surface area contributed by atoms with E-state index in [1.165, 1.54) is 0 Å². The van der Waals surface area contributed by atoms with Crippen molar-refractivity contribution in [3.63, 3.8) is 0 Å². The highest BCUT2D eigenvalue weighted by Crippen LogP contribution is 2.40. The molecule has 3 aromatic rings. The van der Waals surface area contributed by atoms with Crippen LogP contribution in [0.1, 0.15) is 66.9 Å². The van der Waals surface area contributed by atoms with Crippen molar-refractivity contribution < 1.29 is 28.9 Å². The molecule has 0 heterocycles. The lowest BCUT2D eigenvalue weighted by Gasteiger charge is -2.47. The van der Waals surface area contributed by atoms with Crippen molar-refractivity contribution >= 4 is 36.4 Å². The fraction of sp³-hybridized carbons (Fsp3) is 0.405. The topological polar surface area (TPSA) is 85.2 Å². The number of allylic oxidation sites excluding steroid dienone is 1. The molecular formula is C42H56O6SSi. The Kier molecular flexibility index (Phi) is 16.4. The average molecular weight is 717 g/mol. The van der Waals surface area contributed by atoms with E-state index in [0.717, 1.165) is 27.1 Å². The summed E-state index contributed by atoms with van der Waals surface area (Å²) in [6, 6.07) is 31.0. The molecule has 270 valence electrons. The average Bonchev–Trinajstić information content (AvgIpc) is 3.12. The first-order valence-electron chi connectivity index (χ1n) is 17.3. The van der Waals surface area contributed by atoms with E-state index in [2.05, 4.69) is 75.4 Å². The number of carbonyl (C=O) groups is 1. The van der Waals surface area contributed by atoms with Gasteiger partial charge in [-0.1, -0.05) is 130 Å². The van der Waals surface area contributed by atoms with Gasteiger partial charge >= 0.3 is 5.97 Å². The Hall–Kier alpha value is -3.24. The zero-order valence-corrected chi connectivity index (χ0v) is 32.8. The summed E-state index contributed by atoms with van der Waals surface area (Å²) in [5, 5.41) is 22.7. The van der Waals surface area contributed by atoms with Crippen molar-refractivity contribution in [2.24, 2.45) is 0 Å². The fourth-order valence-corrected chi connectivity index (χ4v) is 11.1. The molecule has 0 radical (unpaired) electrons. The highest BCUT2D eigenvalue weighted by molar-refractivity contribution is 7.98. The summed E-state index contributed by atoms with van der Waals surface area (Å²) in [6.07, 6.45) is 5.95. The molecule has 6 nitrogen and oxygen atoms in total. The van der Waals surface area contributed by atoms with Gasteiger partial charge in [0.05, 0.1) is 30.9 Å². The summed E-state index contributed by atoms with van der Waals surface area (Å²) in [6.45, 7) is 14.5. The smallest absolute Gasteiger partial charge is 0.330 e. The molecule has 0 amide bonds. The van der Waals surface area contributed by atoms with Gasteiger partial charge in [0.15, 0.2) is 0 Å². The van der Waals surface area contributed by atoms with Crippen molar-refractivity contribution in [3.8, 4) is 0 Å². The highest BCUT2D eigenvalue weighted by Gasteiger charge is 2.53. The SMILES string of the molecule is C/C=C(/C)C(O)C/C=C(\C)C(O[Si](c1ccccc1)(c1ccccc1)C(C)(C)C)C(OCc1ccccc1)C(C/C=C(/C)C(=O)O)OCSC. The van der Waals surface area contributed by atoms with Gasteiger partial charge in [-0.25, -0.2) is 4.79 Å². The van der Waals surface area contributed by atoms with Crippen LogP contribution < -0.4 is 10.4 Å². The van der Waals surface area contributed by atoms with Gasteiger partial charge in [-0.2, -0.15) is 0 Å². The van der Waals surface area contributed by atoms with E-state index in [9.17, 15) is 15.0 Å². The summed E-state index contributed by atoms with van der Waals surface area (Å²) in [7, 11) is -3.14. The zero-order chi connectivity index (χ0) is 36.7. The summed E-state index contributed by atoms with van der Waals surface area (Å²) >= 11 is 1.55. The van der Waals surface area contributed by atoms with Crippen LogP contribution in [-0.2, 0) is 25.3 Å². The molecule has 3 aromatic carbocycles. The predicted molar refractivity (Wildman–Crippen MR) is 211 cm³/mol. The zero-order valence-electron chi connectivity index (χ0n) is 31.0. The van der Waals surface area contributed by atoms with Crippen molar-refractivity contribution in [1.29, 1.82) is 0 Å². The maximum atomic E-state index is 11.9. The van der Waals surface area contributed by atoms with Crippen LogP contribution in [0.2, 0.25) is 5.04 Å². The Morgan fingerprint density at radius 1 is 0.820 bits per heavy atom. The van der Waals surface area contributed by atoms with Crippen LogP contribution in [0.5, 0.6) is 0 Å². The number of carboxylic acid groups (broad SMARTS) is 1. The molecule has 0 aromatic heterocycles. The molecule has 50 heavy (non-hydrogen) atoms. The Morgan fingerprint density at radius 3 is 1.84 bits per heavy atom. The summed E-state index contributed by atoms with van der Waals surface area (Å²) in [5.74, 6) is -0.580. The van der Waals surface area contributed by atoms with Crippen LogP contribution in [0.25, 0.3) is 0 Å². The Labute approximate surface area is 305 Å². The quantitative estimate of drug-likeness (QED) is 0.0559. The van der Waals surface area contributed by atoms with Gasteiger partial charge in [-0.05, 0) is 78.9 Å². The number of rotatable bonds is 19. The second kappa shape index (κ2) is 20.0. The van der Waals surface area contributed by atoms with E-state index in [-0.39, 0.29) is 10.6 Å². The van der Waals surface area contributed by atoms with E-state index >= 15 is 0 Å². The molecule has 4 atom stereocenters. The maximum Gasteiger partial charge on any atom is 0.330 e. The lowest BCUT2D eigenvalue weighted by molar-refractivity contribution is -0.132. The van der Waals surface area contributed by atoms with Crippen molar-refractivity contribution in [3.05, 3.63) is 132 Å². The molecule has 0 aliphatic carbocycles. The van der Waals surface area contributed by atoms with Gasteiger partial charge in [-0.15, -0.1) is 11.8 Å². The molecular weight excluding hydrogens is 661 g/mol. The van der Waals surface area contributed by atoms with Crippen LogP contribution in [0.4, 0.5) is 0 Å². The molecule has 2 N–H and O–H groups in total. The number of thioether (sulfide) groups is 1. The van der Waals surface area contributed by atoms with Crippen LogP contribution in [0, 0.1) is 0 Å². The minimum Gasteiger partial charge on any atom is -0.478 e. The van der Waals surface area contributed by atoms with Gasteiger partial charge < -0.3 is 24.1 Å². The number of aliphatic hydroxyl groups excluding tert-OH is 1. The number of benzene rings is 3. The predicted octanol–water partition coefficient (Wildman–Crippen LogP) is 8.31. The number of aliphatic carboxylic acids is 1. The second-order valence-corrected chi connectivity index (χ2v) is 18.8. The molecule has 0 saturated carbocycles. The molecule has 0 aliphatic rings. The van der Waals surface area contributed by atoms with Crippen molar-refractivity contribution in [2.75, 3.05) is 12.2 Å². The number of aliphatic hydroxyl groups is 1. The largest absolute Gasteiger partial charge is 0.478 e. The Bertz CT molecular complexity index is 1510. The third-order valence-electron chi connectivity index (χ3n) is 9.16. The highest BCUT2D eigenvalue weighted by atomic mass is 32.2. The lowest BCUT2D eigenvalue weighted by Crippen LogP contribution is -2.69. The Morgan fingerprint density at radius 2 is 1.36 bits per heavy atom. The second-order valence-electron chi connectivity index (χ2n) is 13.7. The number of hydrogen-bond donors (Lipinski definition) is 2. The van der Waals surface area contributed by atoms with E-state index < -0.39 is 38.7 Å². The molecule has 0 aliphatic heterocycles. The van der Waals surface area contributed by atoms with Gasteiger partial charge in [0.25, 0.3) is 8.32 Å². The molecule has 3 rings (SSSR count). The molecule has 0 bridgehead atoms. The monoisotopic (exact) mass is 716 g/mol. The minimum absolute atomic E-state index is 0.242. The standard InChI is InChI=1S/C42H56O6SSi/c1-9-31(2)37(43)27-25-32(3)39(48-50(42(5,6)7,35-21-15-11-16-22-35)36-23-17-12-18-24-36)40(46-29-34-19-13-10-14-20-34)38(47-30-49-8)28-26-33(4)41(44)45/h9-26,37-40,43H,27-30H2,1-8H3,(H,44,45)/b31-9-,32-25+,33-26-. The van der Waals surface area contributed by atoms with Gasteiger partial charge in [0, 0.05) is 5.57 Å². The first-order valence-corrected chi connectivity index (χ1v) is 20.6. The number of ether oxygens (including phenoxy) is 2. The van der Waals surface area contributed by atoms with E-state index in [1.54, 1.807) is 24.8 Å². The lowest BCUT2D eigenvalue weighted by atomic mass is 9.96. The normalized spacial score (nSPS) is 15.7. The van der Waals surface area contributed by atoms with Gasteiger partial charge in [-0.3, -0.25) is 0 Å². The molecule has 0 fully saturated rings. The van der Waals surface area contributed by atoms with Crippen molar-refractivity contribution in [2.45, 2.75) is 97.4 Å². The van der Waals surface area contributed by atoms with E-state index in [4.69, 9.17) is 13.9 Å². The molecule has 8 heteroatoms. The van der Waals surface area contributed by atoms with Crippen LogP contribution >= 0.6 is 11.8 Å². The maximum absolute atomic E-state index is 11.9. The van der Waals surface area contributed by atoms with Crippen LogP contribution in [-0.4, -0.2) is 61.1 Å². The fourth-order valence-electron chi connectivity index (χ4n) is 6.08. The van der Waals surface area contributed by atoms with Crippen LogP contribution in [0.3, 0.4) is 0 Å². The summed E-state index contributed by atoms with van der Waals surface area (Å²) in [4.78, 5) is 11.9. The molecule has 4 unspecified atom stereocenters. The molecule has 0 saturated heterocycles. The third kappa shape index (κ3) is 11.1. The third-order valence-corrected chi connectivity index (χ3v) is 14.5. The summed E-state index contributed by atoms with van der Waals surface area (Å²) in [5.41, 5.74) is 3.05. The first kappa shape index (κ1) is 41.2. The van der Waals surface area contributed by atoms with Crippen LogP contribution in [0.15, 0.2) is 126 Å².